The van der Waals surface area contributed by atoms with Crippen molar-refractivity contribution < 1.29 is 14.7 Å². The monoisotopic (exact) mass is 423 g/mol. The van der Waals surface area contributed by atoms with Crippen molar-refractivity contribution in [2.24, 2.45) is 5.73 Å². The van der Waals surface area contributed by atoms with E-state index in [1.165, 1.54) is 16.2 Å². The standard InChI is InChI=1S/C21H21N5O3S/c22-20(23)25-21-24-17(13-30-21)26(16-9-5-2-6-10-16)18(27)11-15(12-19(28)29)14-7-3-1-4-8-14/h1-10,13,15H,11-12H2,(H,28,29)(H4,22,23,24,25). The second-order valence-corrected chi connectivity index (χ2v) is 7.38. The highest BCUT2D eigenvalue weighted by Crippen LogP contribution is 2.32. The largest absolute Gasteiger partial charge is 0.481 e. The van der Waals surface area contributed by atoms with Gasteiger partial charge in [0.2, 0.25) is 5.91 Å². The van der Waals surface area contributed by atoms with Crippen LogP contribution in [-0.2, 0) is 9.59 Å². The number of nitrogens with zero attached hydrogens (tertiary/aromatic N) is 2. The molecule has 0 bridgehead atoms. The molecule has 9 heteroatoms. The van der Waals surface area contributed by atoms with Gasteiger partial charge < -0.3 is 16.2 Å². The minimum atomic E-state index is -0.968. The molecule has 8 nitrogen and oxygen atoms in total. The number of carbonyl (C=O) groups excluding carboxylic acids is 1. The Kier molecular flexibility index (Phi) is 6.76. The van der Waals surface area contributed by atoms with Crippen LogP contribution in [0.5, 0.6) is 0 Å². The third-order valence-electron chi connectivity index (χ3n) is 4.34. The number of carboxylic acids is 1. The maximum atomic E-state index is 13.4. The number of rotatable bonds is 8. The fraction of sp³-hybridized carbons (Fsp3) is 0.143. The first-order valence-corrected chi connectivity index (χ1v) is 10.0. The SMILES string of the molecule is N=C(N)Nc1nc(N(C(=O)CC(CC(=O)O)c2ccccc2)c2ccccc2)cs1. The number of hydrogen-bond acceptors (Lipinski definition) is 5. The molecule has 154 valence electrons. The van der Waals surface area contributed by atoms with Crippen LogP contribution in [-0.4, -0.2) is 27.9 Å². The Bertz CT molecular complexity index is 1020. The molecule has 1 amide bonds. The minimum Gasteiger partial charge on any atom is -0.481 e. The topological polar surface area (TPSA) is 132 Å². The molecule has 1 aromatic heterocycles. The number of anilines is 3. The Labute approximate surface area is 177 Å². The molecular formula is C21H21N5O3S. The van der Waals surface area contributed by atoms with Gasteiger partial charge in [0.05, 0.1) is 12.1 Å². The van der Waals surface area contributed by atoms with Crippen LogP contribution in [0.4, 0.5) is 16.6 Å². The molecule has 0 fully saturated rings. The maximum absolute atomic E-state index is 13.4. The number of nitrogens with two attached hydrogens (primary N) is 1. The molecule has 5 N–H and O–H groups in total. The number of guanidine groups is 1. The molecule has 0 saturated heterocycles. The summed E-state index contributed by atoms with van der Waals surface area (Å²) in [5.41, 5.74) is 6.77. The Morgan fingerprint density at radius 1 is 1.10 bits per heavy atom. The van der Waals surface area contributed by atoms with Crippen molar-refractivity contribution in [1.29, 1.82) is 5.41 Å². The predicted molar refractivity (Wildman–Crippen MR) is 117 cm³/mol. The molecule has 0 spiro atoms. The summed E-state index contributed by atoms with van der Waals surface area (Å²) in [5, 5.41) is 21.4. The number of carbonyl (C=O) groups is 2. The van der Waals surface area contributed by atoms with Crippen molar-refractivity contribution in [2.45, 2.75) is 18.8 Å². The van der Waals surface area contributed by atoms with E-state index in [0.29, 0.717) is 16.6 Å². The normalized spacial score (nSPS) is 11.5. The lowest BCUT2D eigenvalue weighted by Crippen LogP contribution is -2.28. The van der Waals surface area contributed by atoms with Gasteiger partial charge in [0.1, 0.15) is 0 Å². The Balaban J connectivity index is 1.92. The van der Waals surface area contributed by atoms with Gasteiger partial charge in [-0.2, -0.15) is 0 Å². The van der Waals surface area contributed by atoms with E-state index in [9.17, 15) is 14.7 Å². The van der Waals surface area contributed by atoms with E-state index in [4.69, 9.17) is 11.1 Å². The lowest BCUT2D eigenvalue weighted by atomic mass is 9.92. The lowest BCUT2D eigenvalue weighted by molar-refractivity contribution is -0.137. The Morgan fingerprint density at radius 3 is 2.33 bits per heavy atom. The quantitative estimate of drug-likeness (QED) is 0.322. The zero-order valence-corrected chi connectivity index (χ0v) is 16.8. The van der Waals surface area contributed by atoms with E-state index in [1.54, 1.807) is 17.5 Å². The van der Waals surface area contributed by atoms with Crippen LogP contribution < -0.4 is 16.0 Å². The third-order valence-corrected chi connectivity index (χ3v) is 5.08. The zero-order chi connectivity index (χ0) is 21.5. The average molecular weight is 423 g/mol. The number of aliphatic carboxylic acids is 1. The molecule has 0 aliphatic rings. The van der Waals surface area contributed by atoms with Crippen molar-refractivity contribution in [2.75, 3.05) is 10.2 Å². The molecule has 1 atom stereocenters. The van der Waals surface area contributed by atoms with Gasteiger partial charge in [-0.15, -0.1) is 11.3 Å². The summed E-state index contributed by atoms with van der Waals surface area (Å²) in [6, 6.07) is 18.2. The van der Waals surface area contributed by atoms with Crippen LogP contribution in [0.2, 0.25) is 0 Å². The number of nitrogens with one attached hydrogen (secondary N) is 2. The van der Waals surface area contributed by atoms with E-state index in [-0.39, 0.29) is 24.7 Å². The first-order valence-electron chi connectivity index (χ1n) is 9.15. The molecule has 30 heavy (non-hydrogen) atoms. The van der Waals surface area contributed by atoms with Gasteiger partial charge in [-0.25, -0.2) is 4.98 Å². The number of carboxylic acid groups (broad SMARTS) is 1. The smallest absolute Gasteiger partial charge is 0.303 e. The summed E-state index contributed by atoms with van der Waals surface area (Å²) < 4.78 is 0. The molecule has 1 unspecified atom stereocenters. The number of thiazole rings is 1. The number of aromatic nitrogens is 1. The number of para-hydroxylation sites is 1. The zero-order valence-electron chi connectivity index (χ0n) is 16.0. The molecule has 3 rings (SSSR count). The van der Waals surface area contributed by atoms with Gasteiger partial charge in [-0.05, 0) is 17.7 Å². The summed E-state index contributed by atoms with van der Waals surface area (Å²) >= 11 is 1.21. The molecular weight excluding hydrogens is 402 g/mol. The molecule has 0 saturated carbocycles. The minimum absolute atomic E-state index is 0.00178. The Morgan fingerprint density at radius 2 is 1.73 bits per heavy atom. The Hall–Kier alpha value is -3.72. The van der Waals surface area contributed by atoms with Crippen molar-refractivity contribution in [3.63, 3.8) is 0 Å². The third kappa shape index (κ3) is 5.42. The van der Waals surface area contributed by atoms with Gasteiger partial charge in [0.15, 0.2) is 16.9 Å². The first-order chi connectivity index (χ1) is 14.4. The second-order valence-electron chi connectivity index (χ2n) is 6.52. The van der Waals surface area contributed by atoms with Gasteiger partial charge in [-0.1, -0.05) is 48.5 Å². The highest BCUT2D eigenvalue weighted by Gasteiger charge is 2.26. The van der Waals surface area contributed by atoms with Crippen molar-refractivity contribution in [1.82, 2.24) is 4.98 Å². The van der Waals surface area contributed by atoms with Crippen molar-refractivity contribution in [3.8, 4) is 0 Å². The summed E-state index contributed by atoms with van der Waals surface area (Å²) in [4.78, 5) is 30.6. The van der Waals surface area contributed by atoms with E-state index >= 15 is 0 Å². The summed E-state index contributed by atoms with van der Waals surface area (Å²) in [6.07, 6.45) is -0.162. The van der Waals surface area contributed by atoms with E-state index in [0.717, 1.165) is 5.56 Å². The van der Waals surface area contributed by atoms with E-state index < -0.39 is 11.9 Å². The van der Waals surface area contributed by atoms with Gasteiger partial charge >= 0.3 is 5.97 Å². The summed E-state index contributed by atoms with van der Waals surface area (Å²) in [6.45, 7) is 0. The maximum Gasteiger partial charge on any atom is 0.303 e. The first kappa shape index (κ1) is 21.0. The van der Waals surface area contributed by atoms with Crippen LogP contribution in [0, 0.1) is 5.41 Å². The fourth-order valence-electron chi connectivity index (χ4n) is 3.07. The molecule has 1 heterocycles. The summed E-state index contributed by atoms with van der Waals surface area (Å²) in [5.74, 6) is -1.60. The number of amides is 1. The van der Waals surface area contributed by atoms with Crippen LogP contribution in [0.1, 0.15) is 24.3 Å². The lowest BCUT2D eigenvalue weighted by Gasteiger charge is -2.23. The second kappa shape index (κ2) is 9.66. The molecule has 0 aliphatic heterocycles. The van der Waals surface area contributed by atoms with E-state index in [1.807, 2.05) is 48.5 Å². The predicted octanol–water partition coefficient (Wildman–Crippen LogP) is 3.76. The van der Waals surface area contributed by atoms with Crippen LogP contribution >= 0.6 is 11.3 Å². The van der Waals surface area contributed by atoms with E-state index in [2.05, 4.69) is 10.3 Å². The van der Waals surface area contributed by atoms with Crippen LogP contribution in [0.3, 0.4) is 0 Å². The average Bonchev–Trinajstić information content (AvgIpc) is 3.16. The van der Waals surface area contributed by atoms with Crippen molar-refractivity contribution in [3.05, 3.63) is 71.6 Å². The summed E-state index contributed by atoms with van der Waals surface area (Å²) in [7, 11) is 0. The molecule has 3 aromatic rings. The molecule has 0 radical (unpaired) electrons. The molecule has 0 aliphatic carbocycles. The highest BCUT2D eigenvalue weighted by molar-refractivity contribution is 7.14. The van der Waals surface area contributed by atoms with Gasteiger partial charge in [0.25, 0.3) is 0 Å². The highest BCUT2D eigenvalue weighted by atomic mass is 32.1. The van der Waals surface area contributed by atoms with Crippen molar-refractivity contribution >= 4 is 45.8 Å². The van der Waals surface area contributed by atoms with Crippen LogP contribution in [0.25, 0.3) is 0 Å². The van der Waals surface area contributed by atoms with Gasteiger partial charge in [-0.3, -0.25) is 19.9 Å². The fourth-order valence-corrected chi connectivity index (χ4v) is 3.76. The van der Waals surface area contributed by atoms with Crippen LogP contribution in [0.15, 0.2) is 66.0 Å². The number of hydrogen-bond donors (Lipinski definition) is 4. The molecule has 2 aromatic carbocycles. The van der Waals surface area contributed by atoms with Gasteiger partial charge in [0, 0.05) is 17.7 Å². The number of benzene rings is 2.